The van der Waals surface area contributed by atoms with Crippen LogP contribution >= 0.6 is 0 Å². The van der Waals surface area contributed by atoms with E-state index in [1.165, 1.54) is 37.9 Å². The second-order valence-corrected chi connectivity index (χ2v) is 7.10. The molecule has 114 valence electrons. The maximum Gasteiger partial charge on any atom is 0.161 e. The van der Waals surface area contributed by atoms with Gasteiger partial charge in [-0.3, -0.25) is 0 Å². The number of rotatable bonds is 3. The first-order valence-corrected chi connectivity index (χ1v) is 8.30. The van der Waals surface area contributed by atoms with E-state index in [1.807, 2.05) is 0 Å². The molecule has 2 aliphatic heterocycles. The zero-order chi connectivity index (χ0) is 14.1. The van der Waals surface area contributed by atoms with Crippen molar-refractivity contribution in [1.82, 2.24) is 4.90 Å². The molecule has 0 N–H and O–H groups in total. The fourth-order valence-corrected chi connectivity index (χ4v) is 4.33. The lowest BCUT2D eigenvalue weighted by Crippen LogP contribution is -2.36. The van der Waals surface area contributed by atoms with E-state index in [9.17, 15) is 0 Å². The van der Waals surface area contributed by atoms with Crippen LogP contribution in [0.5, 0.6) is 0 Å². The predicted molar refractivity (Wildman–Crippen MR) is 80.5 cm³/mol. The lowest BCUT2D eigenvalue weighted by Gasteiger charge is -2.36. The molecular formula is C17H29NO2. The van der Waals surface area contributed by atoms with Gasteiger partial charge in [0.05, 0.1) is 12.7 Å². The van der Waals surface area contributed by atoms with Crippen LogP contribution in [0.3, 0.4) is 0 Å². The van der Waals surface area contributed by atoms with Crippen molar-refractivity contribution in [3.63, 3.8) is 0 Å². The average molecular weight is 279 g/mol. The Hall–Kier alpha value is -0.380. The van der Waals surface area contributed by atoms with Crippen LogP contribution in [0.25, 0.3) is 0 Å². The van der Waals surface area contributed by atoms with Crippen LogP contribution in [0.15, 0.2) is 11.6 Å². The first-order valence-electron chi connectivity index (χ1n) is 8.30. The molecule has 2 heterocycles. The highest BCUT2D eigenvalue weighted by Gasteiger charge is 2.40. The fourth-order valence-electron chi connectivity index (χ4n) is 4.33. The summed E-state index contributed by atoms with van der Waals surface area (Å²) in [7, 11) is 0. The van der Waals surface area contributed by atoms with E-state index in [1.54, 1.807) is 0 Å². The molecule has 3 nitrogen and oxygen atoms in total. The van der Waals surface area contributed by atoms with Crippen molar-refractivity contribution in [2.24, 2.45) is 17.8 Å². The topological polar surface area (TPSA) is 21.7 Å². The molecule has 2 saturated heterocycles. The van der Waals surface area contributed by atoms with E-state index < -0.39 is 0 Å². The highest BCUT2D eigenvalue weighted by molar-refractivity contribution is 5.09. The number of ether oxygens (including phenoxy) is 2. The van der Waals surface area contributed by atoms with Crippen molar-refractivity contribution in [2.75, 3.05) is 26.2 Å². The third kappa shape index (κ3) is 3.10. The van der Waals surface area contributed by atoms with Gasteiger partial charge >= 0.3 is 0 Å². The molecule has 0 aromatic carbocycles. The zero-order valence-corrected chi connectivity index (χ0v) is 13.2. The van der Waals surface area contributed by atoms with Crippen LogP contribution < -0.4 is 0 Å². The van der Waals surface area contributed by atoms with E-state index in [0.29, 0.717) is 17.8 Å². The maximum absolute atomic E-state index is 6.25. The van der Waals surface area contributed by atoms with E-state index in [4.69, 9.17) is 9.47 Å². The van der Waals surface area contributed by atoms with Gasteiger partial charge in [-0.15, -0.1) is 0 Å². The van der Waals surface area contributed by atoms with Gasteiger partial charge in [-0.05, 0) is 51.1 Å². The predicted octanol–water partition coefficient (Wildman–Crippen LogP) is 3.06. The Bertz CT molecular complexity index is 362. The first-order chi connectivity index (χ1) is 9.63. The molecule has 0 aromatic heterocycles. The fraction of sp³-hybridized carbons (Fsp3) is 0.882. The minimum atomic E-state index is 0.0111. The molecule has 2 fully saturated rings. The van der Waals surface area contributed by atoms with Crippen molar-refractivity contribution in [3.8, 4) is 0 Å². The Kier molecular flexibility index (Phi) is 4.49. The van der Waals surface area contributed by atoms with Gasteiger partial charge in [-0.25, -0.2) is 0 Å². The molecule has 0 unspecified atom stereocenters. The Morgan fingerprint density at radius 3 is 2.70 bits per heavy atom. The van der Waals surface area contributed by atoms with Gasteiger partial charge < -0.3 is 14.4 Å². The number of allylic oxidation sites excluding steroid dienone is 2. The third-order valence-corrected chi connectivity index (χ3v) is 5.20. The summed E-state index contributed by atoms with van der Waals surface area (Å²) in [6.45, 7) is 11.2. The second kappa shape index (κ2) is 6.17. The Balaban J connectivity index is 1.56. The normalized spacial score (nSPS) is 43.0. The zero-order valence-electron chi connectivity index (χ0n) is 13.2. The minimum absolute atomic E-state index is 0.0111. The van der Waals surface area contributed by atoms with Crippen LogP contribution in [0, 0.1) is 17.8 Å². The van der Waals surface area contributed by atoms with E-state index >= 15 is 0 Å². The lowest BCUT2D eigenvalue weighted by molar-refractivity contribution is -0.123. The van der Waals surface area contributed by atoms with Gasteiger partial charge in [0.2, 0.25) is 0 Å². The largest absolute Gasteiger partial charge is 0.350 e. The Morgan fingerprint density at radius 1 is 1.25 bits per heavy atom. The van der Waals surface area contributed by atoms with Crippen LogP contribution in [-0.2, 0) is 9.47 Å². The lowest BCUT2D eigenvalue weighted by atomic mass is 9.74. The van der Waals surface area contributed by atoms with Crippen molar-refractivity contribution in [2.45, 2.75) is 52.4 Å². The average Bonchev–Trinajstić information content (AvgIpc) is 3.00. The Labute approximate surface area is 123 Å². The summed E-state index contributed by atoms with van der Waals surface area (Å²) in [6.07, 6.45) is 6.58. The molecule has 5 atom stereocenters. The molecule has 0 aromatic rings. The standard InChI is InChI=1S/C17H29NO2/c1-12-8-13(2)16(14(3)9-12)17-19-11-15(20-17)10-18-6-4-5-7-18/h8,13-17H,4-7,9-11H2,1-3H3/t13-,14-,15-,16-,17+/m0/s1. The number of likely N-dealkylation sites (tertiary alicyclic amines) is 1. The molecular weight excluding hydrogens is 250 g/mol. The molecule has 20 heavy (non-hydrogen) atoms. The number of hydrogen-bond acceptors (Lipinski definition) is 3. The van der Waals surface area contributed by atoms with Crippen LogP contribution in [0.1, 0.15) is 40.0 Å². The van der Waals surface area contributed by atoms with Gasteiger partial charge in [0.1, 0.15) is 0 Å². The summed E-state index contributed by atoms with van der Waals surface area (Å²) in [5, 5.41) is 0. The van der Waals surface area contributed by atoms with Gasteiger partial charge in [0, 0.05) is 12.5 Å². The summed E-state index contributed by atoms with van der Waals surface area (Å²) in [4.78, 5) is 2.52. The third-order valence-electron chi connectivity index (χ3n) is 5.20. The SMILES string of the molecule is CC1=C[C@H](C)[C@H]([C@@H]2OC[C@H](CN3CCCC3)O2)[C@@H](C)C1. The van der Waals surface area contributed by atoms with Crippen molar-refractivity contribution < 1.29 is 9.47 Å². The quantitative estimate of drug-likeness (QED) is 0.741. The first kappa shape index (κ1) is 14.6. The van der Waals surface area contributed by atoms with E-state index in [0.717, 1.165) is 13.2 Å². The second-order valence-electron chi connectivity index (χ2n) is 7.10. The maximum atomic E-state index is 6.25. The van der Waals surface area contributed by atoms with Gasteiger partial charge in [0.15, 0.2) is 6.29 Å². The minimum Gasteiger partial charge on any atom is -0.350 e. The van der Waals surface area contributed by atoms with Crippen LogP contribution in [-0.4, -0.2) is 43.5 Å². The number of nitrogens with zero attached hydrogens (tertiary/aromatic N) is 1. The van der Waals surface area contributed by atoms with Crippen molar-refractivity contribution >= 4 is 0 Å². The molecule has 0 bridgehead atoms. The van der Waals surface area contributed by atoms with E-state index in [2.05, 4.69) is 31.7 Å². The summed E-state index contributed by atoms with van der Waals surface area (Å²) >= 11 is 0. The molecule has 0 saturated carbocycles. The van der Waals surface area contributed by atoms with Gasteiger partial charge in [0.25, 0.3) is 0 Å². The van der Waals surface area contributed by atoms with Gasteiger partial charge in [-0.2, -0.15) is 0 Å². The summed E-state index contributed by atoms with van der Waals surface area (Å²) < 4.78 is 12.3. The summed E-state index contributed by atoms with van der Waals surface area (Å²) in [6, 6.07) is 0. The highest BCUT2D eigenvalue weighted by Crippen LogP contribution is 2.39. The monoisotopic (exact) mass is 279 g/mol. The Morgan fingerprint density at radius 2 is 2.00 bits per heavy atom. The van der Waals surface area contributed by atoms with Crippen molar-refractivity contribution in [3.05, 3.63) is 11.6 Å². The smallest absolute Gasteiger partial charge is 0.161 e. The molecule has 0 spiro atoms. The molecule has 0 amide bonds. The summed E-state index contributed by atoms with van der Waals surface area (Å²) in [5.74, 6) is 1.74. The molecule has 3 rings (SSSR count). The molecule has 0 radical (unpaired) electrons. The van der Waals surface area contributed by atoms with E-state index in [-0.39, 0.29) is 12.4 Å². The highest BCUT2D eigenvalue weighted by atomic mass is 16.7. The van der Waals surface area contributed by atoms with Crippen LogP contribution in [0.2, 0.25) is 0 Å². The molecule has 1 aliphatic carbocycles. The molecule has 3 heteroatoms. The number of hydrogen-bond donors (Lipinski definition) is 0. The van der Waals surface area contributed by atoms with Crippen molar-refractivity contribution in [1.29, 1.82) is 0 Å². The summed E-state index contributed by atoms with van der Waals surface area (Å²) in [5.41, 5.74) is 1.52. The molecule has 3 aliphatic rings. The van der Waals surface area contributed by atoms with Crippen LogP contribution in [0.4, 0.5) is 0 Å². The van der Waals surface area contributed by atoms with Gasteiger partial charge in [-0.1, -0.05) is 25.5 Å².